The van der Waals surface area contributed by atoms with E-state index in [-0.39, 0.29) is 0 Å². The van der Waals surface area contributed by atoms with Crippen LogP contribution in [0.3, 0.4) is 0 Å². The Morgan fingerprint density at radius 1 is 1.23 bits per heavy atom. The summed E-state index contributed by atoms with van der Waals surface area (Å²) < 4.78 is 12.7. The minimum Gasteiger partial charge on any atom is -0.504 e. The highest BCUT2D eigenvalue weighted by molar-refractivity contribution is 5.50. The minimum absolute atomic E-state index is 0.423. The summed E-state index contributed by atoms with van der Waals surface area (Å²) in [5.41, 5.74) is 5.66. The van der Waals surface area contributed by atoms with Crippen molar-refractivity contribution in [3.63, 3.8) is 0 Å². The number of aromatic hydroxyl groups is 2. The third kappa shape index (κ3) is 1.14. The van der Waals surface area contributed by atoms with E-state index in [1.807, 2.05) is 0 Å². The van der Waals surface area contributed by atoms with Gasteiger partial charge in [-0.15, -0.1) is 0 Å². The van der Waals surface area contributed by atoms with Crippen molar-refractivity contribution in [2.24, 2.45) is 5.73 Å². The van der Waals surface area contributed by atoms with Crippen LogP contribution in [0.2, 0.25) is 0 Å². The molecule has 0 spiro atoms. The molecule has 0 aromatic heterocycles. The van der Waals surface area contributed by atoms with E-state index in [0.29, 0.717) is 5.56 Å². The van der Waals surface area contributed by atoms with Crippen LogP contribution in [0.4, 0.5) is 4.39 Å². The highest BCUT2D eigenvalue weighted by Gasteiger charge is 2.42. The second-order valence-electron chi connectivity index (χ2n) is 3.45. The van der Waals surface area contributed by atoms with Gasteiger partial charge in [0, 0.05) is 11.1 Å². The predicted molar refractivity (Wildman–Crippen MR) is 44.8 cm³/mol. The van der Waals surface area contributed by atoms with Crippen molar-refractivity contribution in [1.29, 1.82) is 0 Å². The maximum atomic E-state index is 12.7. The molecule has 2 rings (SSSR count). The lowest BCUT2D eigenvalue weighted by Gasteiger charge is -2.12. The van der Waals surface area contributed by atoms with Gasteiger partial charge in [0.15, 0.2) is 17.3 Å². The van der Waals surface area contributed by atoms with E-state index in [9.17, 15) is 9.50 Å². The van der Waals surface area contributed by atoms with Crippen molar-refractivity contribution in [2.75, 3.05) is 0 Å². The molecular weight excluding hydrogens is 173 g/mol. The SMILES string of the molecule is NC1(c2ccc(F)c(O)c2O)CC1. The van der Waals surface area contributed by atoms with Gasteiger partial charge < -0.3 is 15.9 Å². The molecule has 1 aliphatic rings. The summed E-state index contributed by atoms with van der Waals surface area (Å²) in [4.78, 5) is 0. The molecule has 0 atom stereocenters. The molecule has 0 aliphatic heterocycles. The Morgan fingerprint density at radius 3 is 2.38 bits per heavy atom. The number of nitrogens with two attached hydrogens (primary N) is 1. The molecular formula is C9H10FNO2. The van der Waals surface area contributed by atoms with Gasteiger partial charge in [-0.05, 0) is 18.9 Å². The molecule has 0 saturated heterocycles. The van der Waals surface area contributed by atoms with Crippen LogP contribution >= 0.6 is 0 Å². The van der Waals surface area contributed by atoms with E-state index in [1.54, 1.807) is 0 Å². The molecule has 1 aliphatic carbocycles. The van der Waals surface area contributed by atoms with Crippen LogP contribution < -0.4 is 5.73 Å². The zero-order chi connectivity index (χ0) is 9.64. The third-order valence-electron chi connectivity index (χ3n) is 2.43. The normalized spacial score (nSPS) is 18.6. The predicted octanol–water partition coefficient (Wildman–Crippen LogP) is 1.18. The van der Waals surface area contributed by atoms with Crippen LogP contribution in [-0.2, 0) is 5.54 Å². The van der Waals surface area contributed by atoms with Crippen molar-refractivity contribution >= 4 is 0 Å². The lowest BCUT2D eigenvalue weighted by Crippen LogP contribution is -2.18. The van der Waals surface area contributed by atoms with E-state index in [0.717, 1.165) is 18.9 Å². The molecule has 3 nitrogen and oxygen atoms in total. The summed E-state index contributed by atoms with van der Waals surface area (Å²) in [5, 5.41) is 18.5. The number of phenols is 2. The fraction of sp³-hybridized carbons (Fsp3) is 0.333. The first kappa shape index (κ1) is 8.31. The molecule has 0 heterocycles. The zero-order valence-corrected chi connectivity index (χ0v) is 6.92. The first-order valence-electron chi connectivity index (χ1n) is 4.04. The Balaban J connectivity index is 2.54. The molecule has 4 heteroatoms. The first-order valence-corrected chi connectivity index (χ1v) is 4.04. The third-order valence-corrected chi connectivity index (χ3v) is 2.43. The Bertz CT molecular complexity index is 361. The topological polar surface area (TPSA) is 66.5 Å². The molecule has 13 heavy (non-hydrogen) atoms. The highest BCUT2D eigenvalue weighted by atomic mass is 19.1. The molecule has 1 fully saturated rings. The fourth-order valence-corrected chi connectivity index (χ4v) is 1.36. The van der Waals surface area contributed by atoms with Gasteiger partial charge in [-0.3, -0.25) is 0 Å². The number of benzene rings is 1. The van der Waals surface area contributed by atoms with Gasteiger partial charge in [0.2, 0.25) is 0 Å². The minimum atomic E-state index is -0.828. The molecule has 4 N–H and O–H groups in total. The maximum Gasteiger partial charge on any atom is 0.194 e. The second kappa shape index (κ2) is 2.35. The average molecular weight is 183 g/mol. The van der Waals surface area contributed by atoms with Crippen LogP contribution in [0.1, 0.15) is 18.4 Å². The fourth-order valence-electron chi connectivity index (χ4n) is 1.36. The number of hydrogen-bond acceptors (Lipinski definition) is 3. The van der Waals surface area contributed by atoms with Gasteiger partial charge in [0.1, 0.15) is 0 Å². The molecule has 1 aromatic carbocycles. The first-order chi connectivity index (χ1) is 6.04. The number of phenolic OH excluding ortho intramolecular Hbond substituents is 2. The zero-order valence-electron chi connectivity index (χ0n) is 6.92. The smallest absolute Gasteiger partial charge is 0.194 e. The Labute approximate surface area is 74.6 Å². The van der Waals surface area contributed by atoms with Crippen LogP contribution in [0, 0.1) is 5.82 Å². The molecule has 0 radical (unpaired) electrons. The lowest BCUT2D eigenvalue weighted by atomic mass is 10.0. The van der Waals surface area contributed by atoms with E-state index in [4.69, 9.17) is 10.8 Å². The molecule has 70 valence electrons. The summed E-state index contributed by atoms with van der Waals surface area (Å²) in [6, 6.07) is 2.52. The van der Waals surface area contributed by atoms with Crippen LogP contribution in [0.25, 0.3) is 0 Å². The van der Waals surface area contributed by atoms with E-state index >= 15 is 0 Å². The Kier molecular flexibility index (Phi) is 1.51. The van der Waals surface area contributed by atoms with Gasteiger partial charge in [-0.1, -0.05) is 6.07 Å². The summed E-state index contributed by atoms with van der Waals surface area (Å²) in [7, 11) is 0. The number of halogens is 1. The highest BCUT2D eigenvalue weighted by Crippen LogP contribution is 2.48. The monoisotopic (exact) mass is 183 g/mol. The summed E-state index contributed by atoms with van der Waals surface area (Å²) >= 11 is 0. The summed E-state index contributed by atoms with van der Waals surface area (Å²) in [5.74, 6) is -1.97. The molecule has 0 unspecified atom stereocenters. The summed E-state index contributed by atoms with van der Waals surface area (Å²) in [6.45, 7) is 0. The second-order valence-corrected chi connectivity index (χ2v) is 3.45. The van der Waals surface area contributed by atoms with Crippen molar-refractivity contribution in [1.82, 2.24) is 0 Å². The van der Waals surface area contributed by atoms with E-state index < -0.39 is 22.9 Å². The Morgan fingerprint density at radius 2 is 1.85 bits per heavy atom. The standard InChI is InChI=1S/C9H10FNO2/c10-6-2-1-5(7(12)8(6)13)9(11)3-4-9/h1-2,12-13H,3-4,11H2. The van der Waals surface area contributed by atoms with Crippen LogP contribution in [0.15, 0.2) is 12.1 Å². The largest absolute Gasteiger partial charge is 0.504 e. The van der Waals surface area contributed by atoms with Gasteiger partial charge >= 0.3 is 0 Å². The van der Waals surface area contributed by atoms with Gasteiger partial charge in [-0.25, -0.2) is 4.39 Å². The molecule has 0 bridgehead atoms. The molecule has 1 saturated carbocycles. The number of hydrogen-bond donors (Lipinski definition) is 3. The van der Waals surface area contributed by atoms with Gasteiger partial charge in [0.25, 0.3) is 0 Å². The maximum absolute atomic E-state index is 12.7. The van der Waals surface area contributed by atoms with Crippen LogP contribution in [-0.4, -0.2) is 10.2 Å². The van der Waals surface area contributed by atoms with Crippen molar-refractivity contribution < 1.29 is 14.6 Å². The van der Waals surface area contributed by atoms with Crippen molar-refractivity contribution in [3.8, 4) is 11.5 Å². The molecule has 0 amide bonds. The van der Waals surface area contributed by atoms with Crippen molar-refractivity contribution in [2.45, 2.75) is 18.4 Å². The quantitative estimate of drug-likeness (QED) is 0.573. The lowest BCUT2D eigenvalue weighted by molar-refractivity contribution is 0.372. The van der Waals surface area contributed by atoms with Gasteiger partial charge in [-0.2, -0.15) is 0 Å². The molecule has 1 aromatic rings. The summed E-state index contributed by atoms with van der Waals surface area (Å²) in [6.07, 6.45) is 1.51. The van der Waals surface area contributed by atoms with E-state index in [2.05, 4.69) is 0 Å². The van der Waals surface area contributed by atoms with Gasteiger partial charge in [0.05, 0.1) is 0 Å². The average Bonchev–Trinajstić information content (AvgIpc) is 2.80. The van der Waals surface area contributed by atoms with Crippen molar-refractivity contribution in [3.05, 3.63) is 23.5 Å². The van der Waals surface area contributed by atoms with Crippen LogP contribution in [0.5, 0.6) is 11.5 Å². The number of rotatable bonds is 1. The van der Waals surface area contributed by atoms with E-state index in [1.165, 1.54) is 6.07 Å². The Hall–Kier alpha value is -1.29.